The van der Waals surface area contributed by atoms with Crippen LogP contribution < -0.4 is 4.90 Å². The molecule has 3 nitrogen and oxygen atoms in total. The summed E-state index contributed by atoms with van der Waals surface area (Å²) in [5.74, 6) is -0.519. The lowest BCUT2D eigenvalue weighted by Gasteiger charge is -2.37. The van der Waals surface area contributed by atoms with Gasteiger partial charge in [-0.2, -0.15) is 0 Å². The van der Waals surface area contributed by atoms with E-state index in [0.717, 1.165) is 56.0 Å². The van der Waals surface area contributed by atoms with Gasteiger partial charge in [-0.25, -0.2) is 8.63 Å². The van der Waals surface area contributed by atoms with Crippen LogP contribution in [0.25, 0.3) is 11.8 Å². The van der Waals surface area contributed by atoms with E-state index in [1.165, 1.54) is 22.9 Å². The van der Waals surface area contributed by atoms with Crippen LogP contribution in [-0.2, 0) is 27.7 Å². The average Bonchev–Trinajstić information content (AvgIpc) is 2.77. The van der Waals surface area contributed by atoms with E-state index in [1.807, 2.05) is 12.1 Å². The zero-order chi connectivity index (χ0) is 23.6. The van der Waals surface area contributed by atoms with Crippen molar-refractivity contribution in [1.29, 1.82) is 0 Å². The summed E-state index contributed by atoms with van der Waals surface area (Å²) >= 11 is 0. The Morgan fingerprint density at radius 3 is 2.18 bits per heavy atom. The second-order valence-corrected chi connectivity index (χ2v) is 9.83. The van der Waals surface area contributed by atoms with Gasteiger partial charge in [-0.15, -0.1) is 0 Å². The molecule has 0 radical (unpaired) electrons. The van der Waals surface area contributed by atoms with E-state index in [9.17, 15) is 13.4 Å². The molecule has 2 aliphatic rings. The Morgan fingerprint density at radius 1 is 1.03 bits per heavy atom. The molecule has 0 aliphatic carbocycles. The number of carbonyl (C=O) groups excluding carboxylic acids is 1. The van der Waals surface area contributed by atoms with Gasteiger partial charge in [0.05, 0.1) is 0 Å². The van der Waals surface area contributed by atoms with E-state index in [4.69, 9.17) is 0 Å². The summed E-state index contributed by atoms with van der Waals surface area (Å²) in [7, 11) is -3.01. The number of benzene rings is 2. The number of halogens is 2. The summed E-state index contributed by atoms with van der Waals surface area (Å²) in [6.45, 7) is 8.46. The van der Waals surface area contributed by atoms with Gasteiger partial charge in [0, 0.05) is 30.4 Å². The van der Waals surface area contributed by atoms with Gasteiger partial charge in [0.25, 0.3) is 0 Å². The van der Waals surface area contributed by atoms with Crippen LogP contribution >= 0.6 is 0 Å². The van der Waals surface area contributed by atoms with Crippen molar-refractivity contribution in [3.8, 4) is 0 Å². The van der Waals surface area contributed by atoms with Crippen LogP contribution in [-0.4, -0.2) is 26.3 Å². The van der Waals surface area contributed by atoms with E-state index in [-0.39, 0.29) is 11.2 Å². The highest BCUT2D eigenvalue weighted by Crippen LogP contribution is 2.36. The van der Waals surface area contributed by atoms with Gasteiger partial charge in [0.2, 0.25) is 0 Å². The van der Waals surface area contributed by atoms with Crippen molar-refractivity contribution in [2.24, 2.45) is 0 Å². The quantitative estimate of drug-likeness (QED) is 0.297. The van der Waals surface area contributed by atoms with E-state index >= 15 is 0 Å². The van der Waals surface area contributed by atoms with Crippen LogP contribution in [0.15, 0.2) is 48.6 Å². The fraction of sp³-hybridized carbons (Fsp3) is 0.370. The highest BCUT2D eigenvalue weighted by Gasteiger charge is 2.24. The fourth-order valence-electron chi connectivity index (χ4n) is 4.70. The van der Waals surface area contributed by atoms with Crippen molar-refractivity contribution in [1.82, 2.24) is 0 Å². The summed E-state index contributed by atoms with van der Waals surface area (Å²) in [5, 5.41) is 0. The van der Waals surface area contributed by atoms with Gasteiger partial charge >= 0.3 is 7.47 Å². The highest BCUT2D eigenvalue weighted by molar-refractivity contribution is 6.36. The maximum Gasteiger partial charge on any atom is 0.796 e. The maximum atomic E-state index is 13.0. The van der Waals surface area contributed by atoms with Crippen LogP contribution in [0.4, 0.5) is 14.3 Å². The SMILES string of the molecule is CC(C)(C)c1ccc(/C(=C/C(=O)/C=C/c2cc3c4c(c2)CCCN4CCC3)OB(F)F)cc1. The Bertz CT molecular complexity index is 1050. The minimum atomic E-state index is -3.01. The molecule has 33 heavy (non-hydrogen) atoms. The first-order chi connectivity index (χ1) is 15.7. The molecule has 0 bridgehead atoms. The number of allylic oxidation sites excluding steroid dienone is 2. The van der Waals surface area contributed by atoms with Crippen LogP contribution in [0.2, 0.25) is 0 Å². The highest BCUT2D eigenvalue weighted by atomic mass is 19.2. The molecule has 172 valence electrons. The molecule has 2 aromatic rings. The predicted octanol–water partition coefficient (Wildman–Crippen LogP) is 6.25. The summed E-state index contributed by atoms with van der Waals surface area (Å²) < 4.78 is 30.7. The van der Waals surface area contributed by atoms with E-state index < -0.39 is 13.3 Å². The lowest BCUT2D eigenvalue weighted by Crippen LogP contribution is -2.34. The molecular weight excluding hydrogens is 419 g/mol. The molecule has 0 spiro atoms. The number of nitrogens with zero attached hydrogens (tertiary/aromatic N) is 1. The van der Waals surface area contributed by atoms with E-state index in [1.54, 1.807) is 18.2 Å². The van der Waals surface area contributed by atoms with Gasteiger partial charge in [-0.05, 0) is 71.6 Å². The van der Waals surface area contributed by atoms with Crippen LogP contribution in [0.5, 0.6) is 0 Å². The fourth-order valence-corrected chi connectivity index (χ4v) is 4.70. The van der Waals surface area contributed by atoms with Crippen molar-refractivity contribution in [3.63, 3.8) is 0 Å². The summed E-state index contributed by atoms with van der Waals surface area (Å²) in [6, 6.07) is 11.5. The van der Waals surface area contributed by atoms with Crippen LogP contribution in [0.1, 0.15) is 61.4 Å². The van der Waals surface area contributed by atoms with Crippen molar-refractivity contribution >= 4 is 30.8 Å². The van der Waals surface area contributed by atoms with Crippen molar-refractivity contribution < 1.29 is 18.1 Å². The zero-order valence-electron chi connectivity index (χ0n) is 19.5. The third-order valence-corrected chi connectivity index (χ3v) is 6.32. The molecule has 0 saturated heterocycles. The molecule has 0 aromatic heterocycles. The minimum absolute atomic E-state index is 0.0598. The molecular formula is C27H30BF2NO2. The first-order valence-electron chi connectivity index (χ1n) is 11.6. The number of ketones is 1. The predicted molar refractivity (Wildman–Crippen MR) is 132 cm³/mol. The summed E-state index contributed by atoms with van der Waals surface area (Å²) in [5.41, 5.74) is 6.48. The smallest absolute Gasteiger partial charge is 0.505 e. The first-order valence-corrected chi connectivity index (χ1v) is 11.6. The van der Waals surface area contributed by atoms with Gasteiger partial charge in [-0.1, -0.05) is 51.1 Å². The number of aryl methyl sites for hydroxylation is 2. The molecule has 0 unspecified atom stereocenters. The molecule has 0 amide bonds. The largest absolute Gasteiger partial charge is 0.796 e. The second-order valence-electron chi connectivity index (χ2n) is 9.83. The summed E-state index contributed by atoms with van der Waals surface area (Å²) in [6.07, 6.45) is 8.71. The standard InChI is InChI=1S/C27H30BF2NO2/c1-27(2,3)23-11-9-20(10-12-23)25(33-28(29)30)18-24(32)13-8-19-16-21-6-4-14-31-15-5-7-22(17-19)26(21)31/h8-13,16-18H,4-7,14-15H2,1-3H3/b13-8+,25-18-. The van der Waals surface area contributed by atoms with Crippen LogP contribution in [0.3, 0.4) is 0 Å². The van der Waals surface area contributed by atoms with Crippen molar-refractivity contribution in [2.45, 2.75) is 51.9 Å². The first kappa shape index (κ1) is 23.3. The number of carbonyl (C=O) groups is 1. The molecule has 4 rings (SSSR count). The Morgan fingerprint density at radius 2 is 1.64 bits per heavy atom. The lowest BCUT2D eigenvalue weighted by atomic mass is 9.86. The third kappa shape index (κ3) is 5.55. The van der Waals surface area contributed by atoms with Crippen LogP contribution in [0, 0.1) is 0 Å². The molecule has 2 heterocycles. The van der Waals surface area contributed by atoms with Gasteiger partial charge in [-0.3, -0.25) is 4.79 Å². The van der Waals surface area contributed by atoms with Crippen molar-refractivity contribution in [3.05, 3.63) is 76.4 Å². The Labute approximate surface area is 195 Å². The molecule has 6 heteroatoms. The zero-order valence-corrected chi connectivity index (χ0v) is 19.5. The second kappa shape index (κ2) is 9.54. The average molecular weight is 449 g/mol. The molecule has 0 saturated carbocycles. The number of hydrogen-bond donors (Lipinski definition) is 0. The van der Waals surface area contributed by atoms with Crippen molar-refractivity contribution in [2.75, 3.05) is 18.0 Å². The number of hydrogen-bond acceptors (Lipinski definition) is 3. The number of rotatable bonds is 6. The molecule has 2 aliphatic heterocycles. The molecule has 0 fully saturated rings. The topological polar surface area (TPSA) is 29.5 Å². The van der Waals surface area contributed by atoms with Gasteiger partial charge < -0.3 is 9.55 Å². The maximum absolute atomic E-state index is 13.0. The van der Waals surface area contributed by atoms with E-state index in [0.29, 0.717) is 5.56 Å². The monoisotopic (exact) mass is 449 g/mol. The third-order valence-electron chi connectivity index (χ3n) is 6.32. The Kier molecular flexibility index (Phi) is 6.73. The minimum Gasteiger partial charge on any atom is -0.505 e. The summed E-state index contributed by atoms with van der Waals surface area (Å²) in [4.78, 5) is 15.1. The van der Waals surface area contributed by atoms with Gasteiger partial charge in [0.1, 0.15) is 5.76 Å². The normalized spacial score (nSPS) is 16.0. The Balaban J connectivity index is 1.56. The molecule has 0 atom stereocenters. The molecule has 2 aromatic carbocycles. The van der Waals surface area contributed by atoms with E-state index in [2.05, 4.69) is 42.5 Å². The lowest BCUT2D eigenvalue weighted by molar-refractivity contribution is -0.110. The molecule has 0 N–H and O–H groups in total. The number of anilines is 1. The van der Waals surface area contributed by atoms with Gasteiger partial charge in [0.15, 0.2) is 5.78 Å². The Hall–Kier alpha value is -2.89.